The molecule has 2 heteroatoms. The Morgan fingerprint density at radius 2 is 1.00 bits per heavy atom. The zero-order valence-corrected chi connectivity index (χ0v) is 10.8. The van der Waals surface area contributed by atoms with Gasteiger partial charge in [0, 0.05) is 11.8 Å². The standard InChI is InChI=1S/C14H26O2/c1-13(11-15)9-7-5-3-4-6-8-10-14(2)12-16/h11-14H,3-10H2,1-2H3. The zero-order chi connectivity index (χ0) is 12.2. The molecule has 0 bridgehead atoms. The fourth-order valence-corrected chi connectivity index (χ4v) is 1.78. The van der Waals surface area contributed by atoms with Crippen LogP contribution in [-0.4, -0.2) is 12.6 Å². The Morgan fingerprint density at radius 1 is 0.688 bits per heavy atom. The van der Waals surface area contributed by atoms with Crippen LogP contribution in [-0.2, 0) is 9.59 Å². The Kier molecular flexibility index (Phi) is 10.4. The molecule has 0 aromatic heterocycles. The molecule has 0 spiro atoms. The number of hydrogen-bond acceptors (Lipinski definition) is 2. The van der Waals surface area contributed by atoms with Crippen molar-refractivity contribution >= 4 is 12.6 Å². The molecule has 0 aromatic carbocycles. The molecule has 0 radical (unpaired) electrons. The third kappa shape index (κ3) is 9.88. The minimum atomic E-state index is 0.230. The molecule has 0 heterocycles. The summed E-state index contributed by atoms with van der Waals surface area (Å²) < 4.78 is 0. The SMILES string of the molecule is CC(C=O)CCCCCCCCC(C)C=O. The first-order valence-electron chi connectivity index (χ1n) is 6.61. The molecule has 0 fully saturated rings. The lowest BCUT2D eigenvalue weighted by Gasteiger charge is -2.04. The van der Waals surface area contributed by atoms with Gasteiger partial charge in [0.15, 0.2) is 0 Å². The van der Waals surface area contributed by atoms with Crippen molar-refractivity contribution in [1.29, 1.82) is 0 Å². The van der Waals surface area contributed by atoms with Crippen LogP contribution < -0.4 is 0 Å². The Hall–Kier alpha value is -0.660. The summed E-state index contributed by atoms with van der Waals surface area (Å²) in [6, 6.07) is 0. The van der Waals surface area contributed by atoms with E-state index in [-0.39, 0.29) is 11.8 Å². The molecule has 16 heavy (non-hydrogen) atoms. The average molecular weight is 226 g/mol. The fourth-order valence-electron chi connectivity index (χ4n) is 1.78. The van der Waals surface area contributed by atoms with E-state index in [1.54, 1.807) is 0 Å². The molecule has 0 saturated carbocycles. The van der Waals surface area contributed by atoms with Crippen molar-refractivity contribution in [2.75, 3.05) is 0 Å². The third-order valence-corrected chi connectivity index (χ3v) is 3.03. The van der Waals surface area contributed by atoms with Crippen LogP contribution in [0.2, 0.25) is 0 Å². The van der Waals surface area contributed by atoms with Crippen LogP contribution in [0, 0.1) is 11.8 Å². The first kappa shape index (κ1) is 15.3. The molecule has 0 aliphatic rings. The predicted octanol–water partition coefficient (Wildman–Crippen LogP) is 3.78. The summed E-state index contributed by atoms with van der Waals surface area (Å²) in [5.41, 5.74) is 0. The van der Waals surface area contributed by atoms with Gasteiger partial charge in [0.25, 0.3) is 0 Å². The predicted molar refractivity (Wildman–Crippen MR) is 67.4 cm³/mol. The van der Waals surface area contributed by atoms with Crippen LogP contribution in [0.15, 0.2) is 0 Å². The van der Waals surface area contributed by atoms with Crippen molar-refractivity contribution in [2.24, 2.45) is 11.8 Å². The highest BCUT2D eigenvalue weighted by Gasteiger charge is 2.00. The minimum absolute atomic E-state index is 0.230. The molecule has 0 amide bonds. The average Bonchev–Trinajstić information content (AvgIpc) is 2.31. The Bertz CT molecular complexity index is 158. The highest BCUT2D eigenvalue weighted by Crippen LogP contribution is 2.13. The smallest absolute Gasteiger partial charge is 0.122 e. The maximum absolute atomic E-state index is 10.4. The molecule has 0 saturated heterocycles. The largest absolute Gasteiger partial charge is 0.303 e. The lowest BCUT2D eigenvalue weighted by molar-refractivity contribution is -0.111. The van der Waals surface area contributed by atoms with Gasteiger partial charge in [0.1, 0.15) is 12.6 Å². The van der Waals surface area contributed by atoms with Gasteiger partial charge in [-0.05, 0) is 12.8 Å². The summed E-state index contributed by atoms with van der Waals surface area (Å²) in [6.07, 6.45) is 11.5. The van der Waals surface area contributed by atoms with Crippen molar-refractivity contribution in [3.63, 3.8) is 0 Å². The minimum Gasteiger partial charge on any atom is -0.303 e. The number of hydrogen-bond donors (Lipinski definition) is 0. The normalized spacial score (nSPS) is 14.4. The van der Waals surface area contributed by atoms with Gasteiger partial charge in [-0.2, -0.15) is 0 Å². The quantitative estimate of drug-likeness (QED) is 0.397. The molecule has 0 rings (SSSR count). The topological polar surface area (TPSA) is 34.1 Å². The Labute approximate surface area is 99.8 Å². The van der Waals surface area contributed by atoms with Crippen LogP contribution in [0.3, 0.4) is 0 Å². The van der Waals surface area contributed by atoms with Crippen LogP contribution in [0.1, 0.15) is 65.2 Å². The van der Waals surface area contributed by atoms with Gasteiger partial charge in [-0.3, -0.25) is 0 Å². The van der Waals surface area contributed by atoms with Gasteiger partial charge in [-0.15, -0.1) is 0 Å². The van der Waals surface area contributed by atoms with E-state index >= 15 is 0 Å². The molecule has 2 unspecified atom stereocenters. The van der Waals surface area contributed by atoms with E-state index in [0.717, 1.165) is 25.4 Å². The summed E-state index contributed by atoms with van der Waals surface area (Å²) in [4.78, 5) is 20.7. The van der Waals surface area contributed by atoms with E-state index < -0.39 is 0 Å². The van der Waals surface area contributed by atoms with Crippen molar-refractivity contribution in [1.82, 2.24) is 0 Å². The highest BCUT2D eigenvalue weighted by molar-refractivity contribution is 5.52. The molecular weight excluding hydrogens is 200 g/mol. The summed E-state index contributed by atoms with van der Waals surface area (Å²) in [5.74, 6) is 0.460. The van der Waals surface area contributed by atoms with Crippen molar-refractivity contribution in [2.45, 2.75) is 65.2 Å². The summed E-state index contributed by atoms with van der Waals surface area (Å²) in [6.45, 7) is 3.96. The molecule has 0 aliphatic heterocycles. The molecule has 2 nitrogen and oxygen atoms in total. The van der Waals surface area contributed by atoms with Crippen molar-refractivity contribution in [3.8, 4) is 0 Å². The molecule has 0 N–H and O–H groups in total. The van der Waals surface area contributed by atoms with Crippen LogP contribution in [0.25, 0.3) is 0 Å². The third-order valence-electron chi connectivity index (χ3n) is 3.03. The number of rotatable bonds is 11. The number of carbonyl (C=O) groups excluding carboxylic acids is 2. The van der Waals surface area contributed by atoms with Gasteiger partial charge in [-0.1, -0.05) is 52.4 Å². The Morgan fingerprint density at radius 3 is 1.31 bits per heavy atom. The number of aldehydes is 2. The van der Waals surface area contributed by atoms with E-state index in [4.69, 9.17) is 0 Å². The van der Waals surface area contributed by atoms with Gasteiger partial charge in [0.05, 0.1) is 0 Å². The second-order valence-electron chi connectivity index (χ2n) is 4.93. The second kappa shape index (κ2) is 10.8. The lowest BCUT2D eigenvalue weighted by Crippen LogP contribution is -1.95. The van der Waals surface area contributed by atoms with Crippen molar-refractivity contribution in [3.05, 3.63) is 0 Å². The molecule has 2 atom stereocenters. The number of unbranched alkanes of at least 4 members (excludes halogenated alkanes) is 5. The molecule has 0 aliphatic carbocycles. The zero-order valence-electron chi connectivity index (χ0n) is 10.8. The van der Waals surface area contributed by atoms with E-state index in [9.17, 15) is 9.59 Å². The summed E-state index contributed by atoms with van der Waals surface area (Å²) >= 11 is 0. The first-order valence-corrected chi connectivity index (χ1v) is 6.61. The summed E-state index contributed by atoms with van der Waals surface area (Å²) in [7, 11) is 0. The summed E-state index contributed by atoms with van der Waals surface area (Å²) in [5, 5.41) is 0. The second-order valence-corrected chi connectivity index (χ2v) is 4.93. The van der Waals surface area contributed by atoms with Gasteiger partial charge in [-0.25, -0.2) is 0 Å². The maximum atomic E-state index is 10.4. The van der Waals surface area contributed by atoms with Crippen LogP contribution in [0.4, 0.5) is 0 Å². The highest BCUT2D eigenvalue weighted by atomic mass is 16.1. The van der Waals surface area contributed by atoms with Crippen LogP contribution >= 0.6 is 0 Å². The lowest BCUT2D eigenvalue weighted by atomic mass is 10.0. The van der Waals surface area contributed by atoms with E-state index in [0.29, 0.717) is 0 Å². The van der Waals surface area contributed by atoms with Gasteiger partial charge >= 0.3 is 0 Å². The van der Waals surface area contributed by atoms with Gasteiger partial charge in [0.2, 0.25) is 0 Å². The first-order chi connectivity index (χ1) is 7.70. The molecule has 94 valence electrons. The monoisotopic (exact) mass is 226 g/mol. The maximum Gasteiger partial charge on any atom is 0.122 e. The molecule has 0 aromatic rings. The van der Waals surface area contributed by atoms with Crippen molar-refractivity contribution < 1.29 is 9.59 Å². The van der Waals surface area contributed by atoms with E-state index in [1.807, 2.05) is 13.8 Å². The van der Waals surface area contributed by atoms with E-state index in [1.165, 1.54) is 38.5 Å². The van der Waals surface area contributed by atoms with E-state index in [2.05, 4.69) is 0 Å². The molecular formula is C14H26O2. The Balaban J connectivity index is 3.09. The number of carbonyl (C=O) groups is 2. The van der Waals surface area contributed by atoms with Gasteiger partial charge < -0.3 is 9.59 Å². The fraction of sp³-hybridized carbons (Fsp3) is 0.857. The van der Waals surface area contributed by atoms with Crippen LogP contribution in [0.5, 0.6) is 0 Å².